The molecule has 5 rings (SSSR count). The predicted octanol–water partition coefficient (Wildman–Crippen LogP) is 6.93. The van der Waals surface area contributed by atoms with Gasteiger partial charge in [0.2, 0.25) is 0 Å². The monoisotopic (exact) mass is 537 g/mol. The lowest BCUT2D eigenvalue weighted by Crippen LogP contribution is -2.35. The number of halogens is 4. The first-order valence-corrected chi connectivity index (χ1v) is 12.3. The molecule has 0 aliphatic carbocycles. The number of anilines is 1. The smallest absolute Gasteiger partial charge is 0.369 e. The molecule has 4 aromatic rings. The van der Waals surface area contributed by atoms with E-state index in [2.05, 4.69) is 26.3 Å². The van der Waals surface area contributed by atoms with E-state index in [1.165, 1.54) is 6.07 Å². The van der Waals surface area contributed by atoms with Crippen molar-refractivity contribution in [2.24, 2.45) is 5.92 Å². The van der Waals surface area contributed by atoms with Crippen molar-refractivity contribution in [3.8, 4) is 17.2 Å². The highest BCUT2D eigenvalue weighted by Gasteiger charge is 2.33. The summed E-state index contributed by atoms with van der Waals surface area (Å²) in [4.78, 5) is 11.0. The molecule has 38 heavy (non-hydrogen) atoms. The van der Waals surface area contributed by atoms with E-state index in [0.29, 0.717) is 34.8 Å². The molecule has 0 amide bonds. The Balaban J connectivity index is 0.00000336. The maximum absolute atomic E-state index is 13.4. The summed E-state index contributed by atoms with van der Waals surface area (Å²) >= 11 is 0. The number of nitrogens with one attached hydrogen (secondary N) is 1. The van der Waals surface area contributed by atoms with E-state index in [1.807, 2.05) is 54.6 Å². The van der Waals surface area contributed by atoms with Crippen LogP contribution < -0.4 is 5.32 Å². The first-order valence-electron chi connectivity index (χ1n) is 12.3. The third kappa shape index (κ3) is 6.24. The van der Waals surface area contributed by atoms with Gasteiger partial charge in [-0.1, -0.05) is 42.5 Å². The van der Waals surface area contributed by atoms with Gasteiger partial charge in [0.05, 0.1) is 17.1 Å². The number of alkyl halides is 3. The first-order chi connectivity index (χ1) is 17.9. The van der Waals surface area contributed by atoms with Gasteiger partial charge in [0.1, 0.15) is 11.5 Å². The number of piperidine rings is 1. The van der Waals surface area contributed by atoms with Gasteiger partial charge in [-0.05, 0) is 67.2 Å². The lowest BCUT2D eigenvalue weighted by Gasteiger charge is -2.32. The van der Waals surface area contributed by atoms with Crippen LogP contribution >= 0.6 is 12.4 Å². The quantitative estimate of drug-likeness (QED) is 0.289. The van der Waals surface area contributed by atoms with E-state index in [9.17, 15) is 13.2 Å². The van der Waals surface area contributed by atoms with Gasteiger partial charge in [-0.25, -0.2) is 9.97 Å². The number of pyridine rings is 2. The molecule has 1 saturated heterocycles. The summed E-state index contributed by atoms with van der Waals surface area (Å²) in [6, 6.07) is 21.6. The Morgan fingerprint density at radius 1 is 1.00 bits per heavy atom. The fourth-order valence-electron chi connectivity index (χ4n) is 4.83. The second-order valence-electron chi connectivity index (χ2n) is 9.39. The van der Waals surface area contributed by atoms with Gasteiger partial charge < -0.3 is 5.32 Å². The average Bonchev–Trinajstić information content (AvgIpc) is 2.92. The van der Waals surface area contributed by atoms with E-state index in [0.717, 1.165) is 49.7 Å². The first kappa shape index (κ1) is 27.4. The Labute approximate surface area is 225 Å². The number of nitrogens with zero attached hydrogens (tertiary/aromatic N) is 4. The normalized spacial score (nSPS) is 14.6. The molecule has 0 unspecified atom stereocenters. The molecule has 1 aliphatic heterocycles. The third-order valence-corrected chi connectivity index (χ3v) is 6.83. The van der Waals surface area contributed by atoms with Crippen molar-refractivity contribution < 1.29 is 13.2 Å². The van der Waals surface area contributed by atoms with Gasteiger partial charge in [-0.15, -0.1) is 12.4 Å². The molecule has 0 saturated carbocycles. The van der Waals surface area contributed by atoms with Crippen LogP contribution in [-0.2, 0) is 12.7 Å². The van der Waals surface area contributed by atoms with Crippen molar-refractivity contribution in [3.63, 3.8) is 0 Å². The van der Waals surface area contributed by atoms with Crippen LogP contribution in [0.1, 0.15) is 29.7 Å². The summed E-state index contributed by atoms with van der Waals surface area (Å²) in [7, 11) is 0. The zero-order valence-electron chi connectivity index (χ0n) is 20.6. The van der Waals surface area contributed by atoms with Crippen LogP contribution in [0.25, 0.3) is 22.0 Å². The highest BCUT2D eigenvalue weighted by Crippen LogP contribution is 2.35. The van der Waals surface area contributed by atoms with Gasteiger partial charge in [0.15, 0.2) is 0 Å². The van der Waals surface area contributed by atoms with E-state index in [-0.39, 0.29) is 17.9 Å². The lowest BCUT2D eigenvalue weighted by molar-refractivity contribution is -0.140. The summed E-state index contributed by atoms with van der Waals surface area (Å²) in [5, 5.41) is 13.1. The number of aromatic nitrogens is 2. The number of rotatable bonds is 6. The Bertz CT molecular complexity index is 1430. The third-order valence-electron chi connectivity index (χ3n) is 6.83. The summed E-state index contributed by atoms with van der Waals surface area (Å²) in [5.41, 5.74) is 2.52. The maximum Gasteiger partial charge on any atom is 0.433 e. The molecule has 0 radical (unpaired) electrons. The van der Waals surface area contributed by atoms with Crippen molar-refractivity contribution in [2.45, 2.75) is 25.6 Å². The van der Waals surface area contributed by atoms with Crippen LogP contribution in [0.3, 0.4) is 0 Å². The Kier molecular flexibility index (Phi) is 8.50. The topological polar surface area (TPSA) is 64.8 Å². The number of fused-ring (bicyclic) bond motifs is 1. The minimum atomic E-state index is -4.52. The Hall–Kier alpha value is -3.67. The number of likely N-dealkylation sites (tertiary alicyclic amines) is 1. The zero-order valence-corrected chi connectivity index (χ0v) is 21.4. The summed E-state index contributed by atoms with van der Waals surface area (Å²) in [5.74, 6) is 0.974. The summed E-state index contributed by atoms with van der Waals surface area (Å²) < 4.78 is 40.3. The minimum absolute atomic E-state index is 0. The molecule has 0 atom stereocenters. The SMILES string of the molecule is Cl.N#Cc1cccc(CN2CCC(CNc3ncc(-c4ccccc4)c4nc(C(F)(F)F)ccc34)CC2)c1. The molecule has 0 bridgehead atoms. The zero-order chi connectivity index (χ0) is 25.8. The maximum atomic E-state index is 13.4. The van der Waals surface area contributed by atoms with Gasteiger partial charge in [-0.2, -0.15) is 18.4 Å². The second kappa shape index (κ2) is 11.8. The highest BCUT2D eigenvalue weighted by atomic mass is 35.5. The van der Waals surface area contributed by atoms with Crippen molar-refractivity contribution >= 4 is 29.1 Å². The molecule has 0 spiro atoms. The highest BCUT2D eigenvalue weighted by molar-refractivity contribution is 5.99. The van der Waals surface area contributed by atoms with Crippen LogP contribution in [0.2, 0.25) is 0 Å². The number of hydrogen-bond acceptors (Lipinski definition) is 5. The molecule has 9 heteroatoms. The minimum Gasteiger partial charge on any atom is -0.369 e. The van der Waals surface area contributed by atoms with Crippen molar-refractivity contribution in [1.29, 1.82) is 5.26 Å². The molecule has 1 N–H and O–H groups in total. The molecule has 2 aromatic carbocycles. The van der Waals surface area contributed by atoms with Gasteiger partial charge in [-0.3, -0.25) is 4.90 Å². The molecular formula is C29H27ClF3N5. The van der Waals surface area contributed by atoms with Crippen LogP contribution in [0, 0.1) is 17.2 Å². The predicted molar refractivity (Wildman–Crippen MR) is 145 cm³/mol. The van der Waals surface area contributed by atoms with E-state index in [4.69, 9.17) is 5.26 Å². The van der Waals surface area contributed by atoms with Gasteiger partial charge in [0, 0.05) is 30.2 Å². The van der Waals surface area contributed by atoms with E-state index >= 15 is 0 Å². The fraction of sp³-hybridized carbons (Fsp3) is 0.276. The van der Waals surface area contributed by atoms with Gasteiger partial charge in [0.25, 0.3) is 0 Å². The number of benzene rings is 2. The Morgan fingerprint density at radius 3 is 2.47 bits per heavy atom. The lowest BCUT2D eigenvalue weighted by atomic mass is 9.96. The molecule has 1 aliphatic rings. The summed E-state index contributed by atoms with van der Waals surface area (Å²) in [6.45, 7) is 3.39. The number of nitriles is 1. The molecular weight excluding hydrogens is 511 g/mol. The van der Waals surface area contributed by atoms with Crippen LogP contribution in [0.15, 0.2) is 72.9 Å². The molecule has 5 nitrogen and oxygen atoms in total. The van der Waals surface area contributed by atoms with Gasteiger partial charge >= 0.3 is 6.18 Å². The standard InChI is InChI=1S/C29H26F3N5.ClH/c30-29(31,32)26-10-9-24-27(36-26)25(23-7-2-1-3-8-23)18-35-28(24)34-17-20-11-13-37(14-12-20)19-22-6-4-5-21(15-22)16-33;/h1-10,15,18,20H,11-14,17,19H2,(H,34,35);1H. The van der Waals surface area contributed by atoms with Crippen molar-refractivity contribution in [3.05, 3.63) is 89.7 Å². The fourth-order valence-corrected chi connectivity index (χ4v) is 4.83. The van der Waals surface area contributed by atoms with E-state index in [1.54, 1.807) is 6.20 Å². The molecule has 196 valence electrons. The van der Waals surface area contributed by atoms with Crippen molar-refractivity contribution in [1.82, 2.24) is 14.9 Å². The molecule has 2 aromatic heterocycles. The average molecular weight is 538 g/mol. The van der Waals surface area contributed by atoms with Crippen molar-refractivity contribution in [2.75, 3.05) is 25.0 Å². The Morgan fingerprint density at radius 2 is 1.76 bits per heavy atom. The largest absolute Gasteiger partial charge is 0.433 e. The van der Waals surface area contributed by atoms with Crippen LogP contribution in [-0.4, -0.2) is 34.5 Å². The summed E-state index contributed by atoms with van der Waals surface area (Å²) in [6.07, 6.45) is -0.920. The molecule has 3 heterocycles. The van der Waals surface area contributed by atoms with Crippen LogP contribution in [0.4, 0.5) is 19.0 Å². The molecule has 1 fully saturated rings. The van der Waals surface area contributed by atoms with Crippen LogP contribution in [0.5, 0.6) is 0 Å². The number of hydrogen-bond donors (Lipinski definition) is 1. The van der Waals surface area contributed by atoms with E-state index < -0.39 is 11.9 Å². The second-order valence-corrected chi connectivity index (χ2v) is 9.39.